The van der Waals surface area contributed by atoms with Crippen LogP contribution in [-0.4, -0.2) is 47.0 Å². The van der Waals surface area contributed by atoms with Gasteiger partial charge in [-0.05, 0) is 38.0 Å². The predicted molar refractivity (Wildman–Crippen MR) is 94.6 cm³/mol. The van der Waals surface area contributed by atoms with E-state index in [-0.39, 0.29) is 18.3 Å². The Morgan fingerprint density at radius 2 is 2.12 bits per heavy atom. The first-order valence-electron chi connectivity index (χ1n) is 8.98. The molecule has 1 aliphatic heterocycles. The predicted octanol–water partition coefficient (Wildman–Crippen LogP) is 2.87. The summed E-state index contributed by atoms with van der Waals surface area (Å²) in [4.78, 5) is 14.6. The number of aryl methyl sites for hydroxylation is 1. The molecular weight excluding hydrogens is 337 g/mol. The van der Waals surface area contributed by atoms with Crippen LogP contribution in [0, 0.1) is 5.82 Å². The van der Waals surface area contributed by atoms with Gasteiger partial charge in [-0.15, -0.1) is 0 Å². The summed E-state index contributed by atoms with van der Waals surface area (Å²) in [6.45, 7) is 4.95. The highest BCUT2D eigenvalue weighted by Gasteiger charge is 2.20. The fourth-order valence-corrected chi connectivity index (χ4v) is 2.87. The third kappa shape index (κ3) is 4.60. The molecule has 2 aromatic rings. The average Bonchev–Trinajstić information content (AvgIpc) is 3.11. The Morgan fingerprint density at radius 1 is 1.27 bits per heavy atom. The zero-order chi connectivity index (χ0) is 18.4. The second-order valence-corrected chi connectivity index (χ2v) is 6.23. The van der Waals surface area contributed by atoms with E-state index in [0.717, 1.165) is 12.8 Å². The van der Waals surface area contributed by atoms with Crippen LogP contribution < -0.4 is 4.74 Å². The van der Waals surface area contributed by atoms with E-state index in [4.69, 9.17) is 9.47 Å². The molecule has 7 heteroatoms. The Labute approximate surface area is 152 Å². The molecule has 1 aliphatic rings. The molecule has 2 heterocycles. The number of amides is 1. The van der Waals surface area contributed by atoms with Gasteiger partial charge in [0.25, 0.3) is 5.91 Å². The van der Waals surface area contributed by atoms with Crippen molar-refractivity contribution in [2.24, 2.45) is 0 Å². The van der Waals surface area contributed by atoms with Gasteiger partial charge in [-0.25, -0.2) is 4.39 Å². The largest absolute Gasteiger partial charge is 0.493 e. The van der Waals surface area contributed by atoms with Gasteiger partial charge in [0, 0.05) is 38.0 Å². The molecule has 6 nitrogen and oxygen atoms in total. The van der Waals surface area contributed by atoms with Crippen molar-refractivity contribution >= 4 is 5.91 Å². The van der Waals surface area contributed by atoms with Crippen molar-refractivity contribution in [1.82, 2.24) is 14.7 Å². The summed E-state index contributed by atoms with van der Waals surface area (Å²) in [5, 5.41) is 4.17. The van der Waals surface area contributed by atoms with E-state index in [9.17, 15) is 9.18 Å². The first kappa shape index (κ1) is 18.4. The molecule has 3 rings (SSSR count). The first-order valence-corrected chi connectivity index (χ1v) is 8.98. The van der Waals surface area contributed by atoms with Crippen molar-refractivity contribution < 1.29 is 18.7 Å². The molecule has 26 heavy (non-hydrogen) atoms. The second-order valence-electron chi connectivity index (χ2n) is 6.23. The number of hydrogen-bond donors (Lipinski definition) is 0. The van der Waals surface area contributed by atoms with Gasteiger partial charge in [0.15, 0.2) is 0 Å². The highest BCUT2D eigenvalue weighted by molar-refractivity contribution is 5.93. The summed E-state index contributed by atoms with van der Waals surface area (Å²) in [5.41, 5.74) is 1.17. The minimum Gasteiger partial charge on any atom is -0.493 e. The Morgan fingerprint density at radius 3 is 2.92 bits per heavy atom. The zero-order valence-electron chi connectivity index (χ0n) is 15.0. The monoisotopic (exact) mass is 361 g/mol. The van der Waals surface area contributed by atoms with E-state index in [2.05, 4.69) is 5.10 Å². The number of halogens is 1. The summed E-state index contributed by atoms with van der Waals surface area (Å²) >= 11 is 0. The molecule has 0 saturated heterocycles. The van der Waals surface area contributed by atoms with Crippen LogP contribution in [0.1, 0.15) is 35.7 Å². The molecule has 0 fully saturated rings. The Hall–Kier alpha value is -2.41. The smallest absolute Gasteiger partial charge is 0.257 e. The van der Waals surface area contributed by atoms with E-state index < -0.39 is 0 Å². The molecule has 0 spiro atoms. The Bertz CT molecular complexity index is 747. The first-order chi connectivity index (χ1) is 12.7. The molecule has 0 radical (unpaired) electrons. The zero-order valence-corrected chi connectivity index (χ0v) is 15.0. The SMILES string of the molecule is CCn1cc(C(=O)N2CCOCCCCOc3ccc(F)cc3C2)cn1. The summed E-state index contributed by atoms with van der Waals surface area (Å²) in [5.74, 6) is 0.123. The maximum Gasteiger partial charge on any atom is 0.257 e. The molecule has 0 atom stereocenters. The van der Waals surface area contributed by atoms with Crippen LogP contribution in [0.15, 0.2) is 30.6 Å². The van der Waals surface area contributed by atoms with Crippen LogP contribution in [0.25, 0.3) is 0 Å². The van der Waals surface area contributed by atoms with Gasteiger partial charge in [0.05, 0.1) is 25.0 Å². The molecule has 1 aromatic heterocycles. The fraction of sp³-hybridized carbons (Fsp3) is 0.474. The van der Waals surface area contributed by atoms with Crippen molar-refractivity contribution in [2.75, 3.05) is 26.4 Å². The minimum atomic E-state index is -0.345. The standard InChI is InChI=1S/C19H24FN3O3/c1-2-23-14-16(12-21-23)19(24)22-7-10-25-8-3-4-9-26-18-6-5-17(20)11-15(18)13-22/h5-6,11-12,14H,2-4,7-10,13H2,1H3. The maximum absolute atomic E-state index is 13.8. The quantitative estimate of drug-likeness (QED) is 0.825. The normalized spacial score (nSPS) is 16.2. The number of carbonyl (C=O) groups is 1. The molecule has 0 N–H and O–H groups in total. The summed E-state index contributed by atoms with van der Waals surface area (Å²) in [6, 6.07) is 4.44. The fourth-order valence-electron chi connectivity index (χ4n) is 2.87. The van der Waals surface area contributed by atoms with Gasteiger partial charge in [0.1, 0.15) is 11.6 Å². The maximum atomic E-state index is 13.8. The van der Waals surface area contributed by atoms with Crippen molar-refractivity contribution in [3.05, 3.63) is 47.5 Å². The summed E-state index contributed by atoms with van der Waals surface area (Å²) < 4.78 is 26.9. The van der Waals surface area contributed by atoms with E-state index in [1.807, 2.05) is 6.92 Å². The average molecular weight is 361 g/mol. The number of rotatable bonds is 2. The van der Waals surface area contributed by atoms with E-state index in [1.54, 1.807) is 28.0 Å². The highest BCUT2D eigenvalue weighted by atomic mass is 19.1. The van der Waals surface area contributed by atoms with Crippen LogP contribution in [0.2, 0.25) is 0 Å². The Balaban J connectivity index is 1.85. The lowest BCUT2D eigenvalue weighted by Crippen LogP contribution is -2.34. The number of ether oxygens (including phenoxy) is 2. The second kappa shape index (κ2) is 8.80. The van der Waals surface area contributed by atoms with Crippen LogP contribution >= 0.6 is 0 Å². The van der Waals surface area contributed by atoms with E-state index in [1.165, 1.54) is 12.1 Å². The van der Waals surface area contributed by atoms with Crippen molar-refractivity contribution in [3.63, 3.8) is 0 Å². The van der Waals surface area contributed by atoms with Gasteiger partial charge in [-0.1, -0.05) is 0 Å². The van der Waals surface area contributed by atoms with E-state index in [0.29, 0.717) is 49.8 Å². The van der Waals surface area contributed by atoms with Crippen LogP contribution in [0.3, 0.4) is 0 Å². The number of nitrogens with zero attached hydrogens (tertiary/aromatic N) is 3. The van der Waals surface area contributed by atoms with Gasteiger partial charge >= 0.3 is 0 Å². The third-order valence-corrected chi connectivity index (χ3v) is 4.32. The number of benzene rings is 1. The number of fused-ring (bicyclic) bond motifs is 1. The van der Waals surface area contributed by atoms with Gasteiger partial charge < -0.3 is 14.4 Å². The van der Waals surface area contributed by atoms with Gasteiger partial charge in [-0.3, -0.25) is 9.48 Å². The topological polar surface area (TPSA) is 56.6 Å². The van der Waals surface area contributed by atoms with Crippen LogP contribution in [-0.2, 0) is 17.8 Å². The minimum absolute atomic E-state index is 0.152. The molecular formula is C19H24FN3O3. The van der Waals surface area contributed by atoms with Gasteiger partial charge in [0.2, 0.25) is 0 Å². The Kier molecular flexibility index (Phi) is 6.22. The molecule has 0 unspecified atom stereocenters. The third-order valence-electron chi connectivity index (χ3n) is 4.32. The van der Waals surface area contributed by atoms with Crippen LogP contribution in [0.4, 0.5) is 4.39 Å². The molecule has 0 bridgehead atoms. The lowest BCUT2D eigenvalue weighted by atomic mass is 10.1. The van der Waals surface area contributed by atoms with Crippen molar-refractivity contribution in [3.8, 4) is 5.75 Å². The van der Waals surface area contributed by atoms with Crippen molar-refractivity contribution in [1.29, 1.82) is 0 Å². The summed E-state index contributed by atoms with van der Waals surface area (Å²) in [6.07, 6.45) is 5.04. The molecule has 0 aliphatic carbocycles. The highest BCUT2D eigenvalue weighted by Crippen LogP contribution is 2.23. The number of aromatic nitrogens is 2. The van der Waals surface area contributed by atoms with Gasteiger partial charge in [-0.2, -0.15) is 5.10 Å². The van der Waals surface area contributed by atoms with Crippen LogP contribution in [0.5, 0.6) is 5.75 Å². The molecule has 140 valence electrons. The molecule has 1 aromatic carbocycles. The lowest BCUT2D eigenvalue weighted by molar-refractivity contribution is 0.0607. The molecule has 1 amide bonds. The lowest BCUT2D eigenvalue weighted by Gasteiger charge is -2.24. The number of carbonyl (C=O) groups excluding carboxylic acids is 1. The molecule has 0 saturated carbocycles. The summed E-state index contributed by atoms with van der Waals surface area (Å²) in [7, 11) is 0. The number of hydrogen-bond acceptors (Lipinski definition) is 4. The van der Waals surface area contributed by atoms with E-state index >= 15 is 0 Å². The van der Waals surface area contributed by atoms with Crippen molar-refractivity contribution in [2.45, 2.75) is 32.9 Å².